The molecule has 0 radical (unpaired) electrons. The molecule has 3 rings (SSSR count). The van der Waals surface area contributed by atoms with Crippen molar-refractivity contribution in [3.8, 4) is 5.75 Å². The van der Waals surface area contributed by atoms with Gasteiger partial charge in [0.1, 0.15) is 5.75 Å². The van der Waals surface area contributed by atoms with E-state index in [0.29, 0.717) is 23.3 Å². The second-order valence-corrected chi connectivity index (χ2v) is 8.03. The summed E-state index contributed by atoms with van der Waals surface area (Å²) in [6, 6.07) is 15.8. The zero-order valence-electron chi connectivity index (χ0n) is 17.5. The minimum absolute atomic E-state index is 0.640. The van der Waals surface area contributed by atoms with Gasteiger partial charge in [-0.1, -0.05) is 29.8 Å². The highest BCUT2D eigenvalue weighted by atomic mass is 35.5. The summed E-state index contributed by atoms with van der Waals surface area (Å²) in [5, 5.41) is 4.76. The Hall–Kier alpha value is -1.86. The Morgan fingerprint density at radius 3 is 2.63 bits per heavy atom. The molecule has 0 aromatic heterocycles. The van der Waals surface area contributed by atoms with Gasteiger partial charge < -0.3 is 19.7 Å². The van der Waals surface area contributed by atoms with Crippen LogP contribution in [0.3, 0.4) is 0 Å². The number of rotatable bonds is 9. The molecular weight excluding hydrogens is 418 g/mol. The second-order valence-electron chi connectivity index (χ2n) is 7.21. The van der Waals surface area contributed by atoms with E-state index in [4.69, 9.17) is 33.3 Å². The van der Waals surface area contributed by atoms with Crippen molar-refractivity contribution in [3.05, 3.63) is 59.1 Å². The van der Waals surface area contributed by atoms with Gasteiger partial charge in [-0.15, -0.1) is 0 Å². The van der Waals surface area contributed by atoms with Crippen molar-refractivity contribution in [2.24, 2.45) is 0 Å². The van der Waals surface area contributed by atoms with E-state index in [9.17, 15) is 0 Å². The van der Waals surface area contributed by atoms with E-state index < -0.39 is 0 Å². The van der Waals surface area contributed by atoms with Crippen LogP contribution in [0, 0.1) is 0 Å². The highest BCUT2D eigenvalue weighted by molar-refractivity contribution is 7.80. The fraction of sp³-hybridized carbons (Fsp3) is 0.435. The molecule has 1 aliphatic rings. The maximum atomic E-state index is 6.01. The summed E-state index contributed by atoms with van der Waals surface area (Å²) in [6.07, 6.45) is 1.03. The van der Waals surface area contributed by atoms with Gasteiger partial charge in [0.05, 0.1) is 19.8 Å². The Labute approximate surface area is 189 Å². The van der Waals surface area contributed by atoms with Gasteiger partial charge in [-0.25, -0.2) is 0 Å². The molecule has 0 atom stereocenters. The average Bonchev–Trinajstić information content (AvgIpc) is 2.77. The summed E-state index contributed by atoms with van der Waals surface area (Å²) in [7, 11) is 0. The predicted octanol–water partition coefficient (Wildman–Crippen LogP) is 4.66. The van der Waals surface area contributed by atoms with Crippen LogP contribution in [0.15, 0.2) is 48.5 Å². The molecule has 2 aromatic carbocycles. The molecular formula is C23H30ClN3O2S. The van der Waals surface area contributed by atoms with Crippen molar-refractivity contribution in [1.29, 1.82) is 0 Å². The summed E-state index contributed by atoms with van der Waals surface area (Å²) in [6.45, 7) is 8.88. The normalized spacial score (nSPS) is 14.3. The Morgan fingerprint density at radius 2 is 1.90 bits per heavy atom. The number of benzene rings is 2. The van der Waals surface area contributed by atoms with Crippen LogP contribution in [0.4, 0.5) is 5.69 Å². The SMILES string of the molecule is CCOc1ccccc1CN(CCCN1CCOCC1)C(=S)Nc1ccc(Cl)cc1. The van der Waals surface area contributed by atoms with Crippen LogP contribution in [0.1, 0.15) is 18.9 Å². The molecule has 0 bridgehead atoms. The van der Waals surface area contributed by atoms with Crippen LogP contribution < -0.4 is 10.1 Å². The van der Waals surface area contributed by atoms with Gasteiger partial charge in [0, 0.05) is 49.0 Å². The smallest absolute Gasteiger partial charge is 0.173 e. The largest absolute Gasteiger partial charge is 0.494 e. The van der Waals surface area contributed by atoms with E-state index in [2.05, 4.69) is 21.2 Å². The van der Waals surface area contributed by atoms with Crippen LogP contribution in [0.25, 0.3) is 0 Å². The van der Waals surface area contributed by atoms with Gasteiger partial charge in [-0.3, -0.25) is 4.90 Å². The van der Waals surface area contributed by atoms with E-state index in [1.165, 1.54) is 0 Å². The van der Waals surface area contributed by atoms with Gasteiger partial charge in [-0.2, -0.15) is 0 Å². The second kappa shape index (κ2) is 12.1. The molecule has 2 aromatic rings. The number of anilines is 1. The van der Waals surface area contributed by atoms with Crippen molar-refractivity contribution in [1.82, 2.24) is 9.80 Å². The fourth-order valence-electron chi connectivity index (χ4n) is 3.43. The molecule has 5 nitrogen and oxygen atoms in total. The molecule has 7 heteroatoms. The maximum absolute atomic E-state index is 6.01. The lowest BCUT2D eigenvalue weighted by atomic mass is 10.2. The van der Waals surface area contributed by atoms with Crippen molar-refractivity contribution in [2.45, 2.75) is 19.9 Å². The van der Waals surface area contributed by atoms with E-state index in [0.717, 1.165) is 62.8 Å². The number of halogens is 1. The van der Waals surface area contributed by atoms with Gasteiger partial charge >= 0.3 is 0 Å². The molecule has 162 valence electrons. The van der Waals surface area contributed by atoms with Crippen LogP contribution >= 0.6 is 23.8 Å². The first-order valence-electron chi connectivity index (χ1n) is 10.5. The lowest BCUT2D eigenvalue weighted by Gasteiger charge is -2.30. The quantitative estimate of drug-likeness (QED) is 0.563. The molecule has 1 heterocycles. The van der Waals surface area contributed by atoms with Crippen LogP contribution in [-0.4, -0.2) is 60.9 Å². The topological polar surface area (TPSA) is 37.0 Å². The lowest BCUT2D eigenvalue weighted by Crippen LogP contribution is -2.40. The van der Waals surface area contributed by atoms with Crippen LogP contribution in [0.2, 0.25) is 5.02 Å². The molecule has 0 spiro atoms. The first-order valence-corrected chi connectivity index (χ1v) is 11.3. The third-order valence-corrected chi connectivity index (χ3v) is 5.63. The number of thiocarbonyl (C=S) groups is 1. The molecule has 0 saturated carbocycles. The predicted molar refractivity (Wildman–Crippen MR) is 128 cm³/mol. The summed E-state index contributed by atoms with van der Waals surface area (Å²) in [5.74, 6) is 0.910. The molecule has 1 N–H and O–H groups in total. The minimum atomic E-state index is 0.640. The lowest BCUT2D eigenvalue weighted by molar-refractivity contribution is 0.0367. The van der Waals surface area contributed by atoms with Crippen molar-refractivity contribution >= 4 is 34.6 Å². The Kier molecular flexibility index (Phi) is 9.21. The molecule has 0 aliphatic carbocycles. The molecule has 30 heavy (non-hydrogen) atoms. The fourth-order valence-corrected chi connectivity index (χ4v) is 3.83. The van der Waals surface area contributed by atoms with Crippen molar-refractivity contribution in [2.75, 3.05) is 51.3 Å². The molecule has 1 aliphatic heterocycles. The number of hydrogen-bond donors (Lipinski definition) is 1. The Morgan fingerprint density at radius 1 is 1.17 bits per heavy atom. The van der Waals surface area contributed by atoms with E-state index in [-0.39, 0.29) is 0 Å². The van der Waals surface area contributed by atoms with E-state index >= 15 is 0 Å². The monoisotopic (exact) mass is 447 g/mol. The average molecular weight is 448 g/mol. The first-order chi connectivity index (χ1) is 14.7. The number of ether oxygens (including phenoxy) is 2. The molecule has 1 saturated heterocycles. The first kappa shape index (κ1) is 22.8. The number of para-hydroxylation sites is 1. The van der Waals surface area contributed by atoms with E-state index in [1.54, 1.807) is 0 Å². The standard InChI is InChI=1S/C23H30ClN3O2S/c1-2-29-22-7-4-3-6-19(22)18-27(13-5-12-26-14-16-28-17-15-26)23(30)25-21-10-8-20(24)9-11-21/h3-4,6-11H,2,5,12-18H2,1H3,(H,25,30). The Balaban J connectivity index is 1.66. The molecule has 0 amide bonds. The molecule has 1 fully saturated rings. The zero-order chi connectivity index (χ0) is 21.2. The third kappa shape index (κ3) is 7.13. The van der Waals surface area contributed by atoms with Crippen molar-refractivity contribution in [3.63, 3.8) is 0 Å². The van der Waals surface area contributed by atoms with Gasteiger partial charge in [0.25, 0.3) is 0 Å². The highest BCUT2D eigenvalue weighted by Crippen LogP contribution is 2.21. The summed E-state index contributed by atoms with van der Waals surface area (Å²) >= 11 is 11.8. The summed E-state index contributed by atoms with van der Waals surface area (Å²) in [5.41, 5.74) is 2.06. The number of morpholine rings is 1. The van der Waals surface area contributed by atoms with E-state index in [1.807, 2.05) is 49.4 Å². The van der Waals surface area contributed by atoms with Crippen LogP contribution in [0.5, 0.6) is 5.75 Å². The highest BCUT2D eigenvalue weighted by Gasteiger charge is 2.15. The number of nitrogens with one attached hydrogen (secondary N) is 1. The van der Waals surface area contributed by atoms with Gasteiger partial charge in [-0.05, 0) is 55.9 Å². The van der Waals surface area contributed by atoms with Crippen molar-refractivity contribution < 1.29 is 9.47 Å². The summed E-state index contributed by atoms with van der Waals surface area (Å²) < 4.78 is 11.3. The zero-order valence-corrected chi connectivity index (χ0v) is 19.1. The van der Waals surface area contributed by atoms with Crippen LogP contribution in [-0.2, 0) is 11.3 Å². The molecule has 0 unspecified atom stereocenters. The number of hydrogen-bond acceptors (Lipinski definition) is 4. The maximum Gasteiger partial charge on any atom is 0.173 e. The Bertz CT molecular complexity index is 797. The van der Waals surface area contributed by atoms with Gasteiger partial charge in [0.15, 0.2) is 5.11 Å². The summed E-state index contributed by atoms with van der Waals surface area (Å²) in [4.78, 5) is 4.66. The number of nitrogens with zero attached hydrogens (tertiary/aromatic N) is 2. The minimum Gasteiger partial charge on any atom is -0.494 e. The third-order valence-electron chi connectivity index (χ3n) is 5.02. The van der Waals surface area contributed by atoms with Gasteiger partial charge in [0.2, 0.25) is 0 Å².